The van der Waals surface area contributed by atoms with Crippen molar-refractivity contribution in [2.75, 3.05) is 13.2 Å². The van der Waals surface area contributed by atoms with Gasteiger partial charge in [0.1, 0.15) is 6.10 Å². The quantitative estimate of drug-likeness (QED) is 0.642. The lowest BCUT2D eigenvalue weighted by molar-refractivity contribution is -0.202. The summed E-state index contributed by atoms with van der Waals surface area (Å²) in [5.74, 6) is 0.322. The summed E-state index contributed by atoms with van der Waals surface area (Å²) in [7, 11) is 0. The van der Waals surface area contributed by atoms with Crippen molar-refractivity contribution in [3.05, 3.63) is 0 Å². The summed E-state index contributed by atoms with van der Waals surface area (Å²) in [6, 6.07) is 0. The van der Waals surface area contributed by atoms with Crippen LogP contribution in [0.5, 0.6) is 0 Å². The molecule has 6 nitrogen and oxygen atoms in total. The second-order valence-corrected chi connectivity index (χ2v) is 9.63. The minimum absolute atomic E-state index is 0.0484. The number of carbonyl (C=O) groups excluding carboxylic acids is 1. The van der Waals surface area contributed by atoms with E-state index in [2.05, 4.69) is 6.92 Å². The fourth-order valence-corrected chi connectivity index (χ4v) is 6.93. The van der Waals surface area contributed by atoms with Crippen LogP contribution in [-0.4, -0.2) is 58.9 Å². The maximum absolute atomic E-state index is 11.9. The van der Waals surface area contributed by atoms with Crippen molar-refractivity contribution in [3.63, 3.8) is 0 Å². The van der Waals surface area contributed by atoms with E-state index in [-0.39, 0.29) is 36.1 Å². The molecule has 0 aromatic heterocycles. The van der Waals surface area contributed by atoms with Gasteiger partial charge in [0.15, 0.2) is 0 Å². The molecule has 27 heavy (non-hydrogen) atoms. The molecule has 9 atom stereocenters. The first-order chi connectivity index (χ1) is 12.9. The number of hydrogen-bond acceptors (Lipinski definition) is 6. The molecular weight excluding hydrogens is 348 g/mol. The molecule has 4 fully saturated rings. The number of aliphatic hydroxyl groups excluding tert-OH is 3. The lowest BCUT2D eigenvalue weighted by Crippen LogP contribution is -2.62. The predicted octanol–water partition coefficient (Wildman–Crippen LogP) is 1.64. The molecule has 5 unspecified atom stereocenters. The average molecular weight is 382 g/mol. The molecule has 3 saturated carbocycles. The Labute approximate surface area is 161 Å². The molecule has 4 aliphatic rings. The highest BCUT2D eigenvalue weighted by Gasteiger charge is 2.65. The molecule has 6 heteroatoms. The molecule has 1 saturated heterocycles. The first kappa shape index (κ1) is 19.6. The van der Waals surface area contributed by atoms with Crippen LogP contribution in [0.1, 0.15) is 58.8 Å². The number of hydrogen-bond donors (Lipinski definition) is 3. The number of fused-ring (bicyclic) bond motifs is 5. The first-order valence-electron chi connectivity index (χ1n) is 10.6. The Morgan fingerprint density at radius 3 is 2.70 bits per heavy atom. The molecule has 0 aromatic carbocycles. The summed E-state index contributed by atoms with van der Waals surface area (Å²) >= 11 is 0. The third-order valence-corrected chi connectivity index (χ3v) is 8.55. The van der Waals surface area contributed by atoms with Gasteiger partial charge >= 0.3 is 5.97 Å². The number of rotatable bonds is 3. The summed E-state index contributed by atoms with van der Waals surface area (Å²) in [6.07, 6.45) is 3.70. The third-order valence-electron chi connectivity index (χ3n) is 8.55. The summed E-state index contributed by atoms with van der Waals surface area (Å²) in [5, 5.41) is 31.5. The van der Waals surface area contributed by atoms with Crippen molar-refractivity contribution >= 4 is 5.97 Å². The molecule has 0 radical (unpaired) electrons. The van der Waals surface area contributed by atoms with Crippen LogP contribution in [0, 0.1) is 28.6 Å². The Hall–Kier alpha value is -0.690. The number of aliphatic hydroxyl groups is 3. The van der Waals surface area contributed by atoms with E-state index in [1.54, 1.807) is 6.92 Å². The molecule has 1 heterocycles. The van der Waals surface area contributed by atoms with Gasteiger partial charge in [0.05, 0.1) is 36.9 Å². The third kappa shape index (κ3) is 2.86. The lowest BCUT2D eigenvalue weighted by atomic mass is 9.45. The fraction of sp³-hybridized carbons (Fsp3) is 0.952. The summed E-state index contributed by atoms with van der Waals surface area (Å²) in [5.41, 5.74) is -0.517. The minimum Gasteiger partial charge on any atom is -0.459 e. The van der Waals surface area contributed by atoms with Gasteiger partial charge in [-0.25, -0.2) is 0 Å². The van der Waals surface area contributed by atoms with Crippen LogP contribution in [0.25, 0.3) is 0 Å². The van der Waals surface area contributed by atoms with Crippen LogP contribution in [-0.2, 0) is 14.3 Å². The maximum atomic E-state index is 11.9. The van der Waals surface area contributed by atoms with Crippen LogP contribution >= 0.6 is 0 Å². The minimum atomic E-state index is -0.607. The van der Waals surface area contributed by atoms with E-state index in [1.165, 1.54) is 0 Å². The topological polar surface area (TPSA) is 96.2 Å². The van der Waals surface area contributed by atoms with Crippen LogP contribution < -0.4 is 0 Å². The average Bonchev–Trinajstić information content (AvgIpc) is 3.02. The van der Waals surface area contributed by atoms with E-state index in [0.29, 0.717) is 31.3 Å². The molecule has 154 valence electrons. The first-order valence-corrected chi connectivity index (χ1v) is 10.6. The maximum Gasteiger partial charge on any atom is 0.305 e. The van der Waals surface area contributed by atoms with Crippen molar-refractivity contribution < 1.29 is 29.6 Å². The highest BCUT2D eigenvalue weighted by Crippen LogP contribution is 2.63. The van der Waals surface area contributed by atoms with E-state index >= 15 is 0 Å². The van der Waals surface area contributed by atoms with Crippen molar-refractivity contribution in [1.82, 2.24) is 0 Å². The Kier molecular flexibility index (Phi) is 5.07. The summed E-state index contributed by atoms with van der Waals surface area (Å²) in [6.45, 7) is 4.30. The van der Waals surface area contributed by atoms with Gasteiger partial charge in [0.2, 0.25) is 0 Å². The normalized spacial score (nSPS) is 51.8. The second kappa shape index (κ2) is 6.97. The van der Waals surface area contributed by atoms with Crippen molar-refractivity contribution in [1.29, 1.82) is 0 Å². The van der Waals surface area contributed by atoms with Crippen LogP contribution in [0.2, 0.25) is 0 Å². The van der Waals surface area contributed by atoms with E-state index in [1.807, 2.05) is 0 Å². The summed E-state index contributed by atoms with van der Waals surface area (Å²) < 4.78 is 11.8. The summed E-state index contributed by atoms with van der Waals surface area (Å²) in [4.78, 5) is 11.9. The predicted molar refractivity (Wildman–Crippen MR) is 97.7 cm³/mol. The zero-order chi connectivity index (χ0) is 19.4. The fourth-order valence-electron chi connectivity index (χ4n) is 6.93. The second-order valence-electron chi connectivity index (χ2n) is 9.63. The van der Waals surface area contributed by atoms with Gasteiger partial charge in [-0.05, 0) is 55.8 Å². The Bertz CT molecular complexity index is 581. The highest BCUT2D eigenvalue weighted by molar-refractivity contribution is 5.69. The van der Waals surface area contributed by atoms with Crippen LogP contribution in [0.4, 0.5) is 0 Å². The van der Waals surface area contributed by atoms with Gasteiger partial charge in [-0.2, -0.15) is 0 Å². The van der Waals surface area contributed by atoms with Gasteiger partial charge in [0, 0.05) is 12.3 Å². The Morgan fingerprint density at radius 2 is 2.00 bits per heavy atom. The number of esters is 1. The Morgan fingerprint density at radius 1 is 1.22 bits per heavy atom. The largest absolute Gasteiger partial charge is 0.459 e. The van der Waals surface area contributed by atoms with Crippen LogP contribution in [0.3, 0.4) is 0 Å². The molecular formula is C21H34O6. The molecule has 3 aliphatic carbocycles. The van der Waals surface area contributed by atoms with E-state index in [4.69, 9.17) is 9.47 Å². The number of ether oxygens (including phenoxy) is 2. The van der Waals surface area contributed by atoms with Crippen molar-refractivity contribution in [3.8, 4) is 0 Å². The van der Waals surface area contributed by atoms with Gasteiger partial charge in [0.25, 0.3) is 0 Å². The molecule has 0 spiro atoms. The Balaban J connectivity index is 1.62. The zero-order valence-electron chi connectivity index (χ0n) is 16.5. The molecule has 3 N–H and O–H groups in total. The molecule has 4 rings (SSSR count). The van der Waals surface area contributed by atoms with E-state index in [0.717, 1.165) is 32.1 Å². The molecule has 0 amide bonds. The van der Waals surface area contributed by atoms with Crippen molar-refractivity contribution in [2.24, 2.45) is 28.6 Å². The lowest BCUT2D eigenvalue weighted by Gasteiger charge is -2.61. The van der Waals surface area contributed by atoms with E-state index < -0.39 is 17.6 Å². The van der Waals surface area contributed by atoms with Crippen LogP contribution in [0.15, 0.2) is 0 Å². The molecule has 0 aromatic rings. The van der Waals surface area contributed by atoms with Gasteiger partial charge in [-0.15, -0.1) is 0 Å². The van der Waals surface area contributed by atoms with E-state index in [9.17, 15) is 20.1 Å². The van der Waals surface area contributed by atoms with Gasteiger partial charge in [-0.3, -0.25) is 4.79 Å². The number of carbonyl (C=O) groups is 1. The SMILES string of the molecule is CCC(=O)O[C@H]1COC2C3C(O)CC4C[C@@H](O)CC[C@]4(C)C3CC[C@@]21CO. The standard InChI is InChI=1S/C21H34O6/c1-3-17(25)27-16-10-26-19-18-14(5-7-21(16,19)11-22)20(2)6-4-13(23)8-12(20)9-15(18)24/h12-16,18-19,22-24H,3-11H2,1-2H3/t12?,13-,14?,15?,16-,18?,19?,20-,21-/m0/s1. The highest BCUT2D eigenvalue weighted by atomic mass is 16.6. The zero-order valence-corrected chi connectivity index (χ0v) is 16.5. The van der Waals surface area contributed by atoms with Gasteiger partial charge < -0.3 is 24.8 Å². The molecule has 0 bridgehead atoms. The monoisotopic (exact) mass is 382 g/mol. The molecule has 1 aliphatic heterocycles. The van der Waals surface area contributed by atoms with Crippen molar-refractivity contribution in [2.45, 2.75) is 83.2 Å². The van der Waals surface area contributed by atoms with Gasteiger partial charge in [-0.1, -0.05) is 13.8 Å². The smallest absolute Gasteiger partial charge is 0.305 e.